The van der Waals surface area contributed by atoms with Crippen molar-refractivity contribution < 1.29 is 8.78 Å². The molecule has 0 N–H and O–H groups in total. The van der Waals surface area contributed by atoms with Crippen LogP contribution in [0.2, 0.25) is 0 Å². The van der Waals surface area contributed by atoms with Crippen molar-refractivity contribution in [3.05, 3.63) is 71.3 Å². The minimum absolute atomic E-state index is 0.589. The summed E-state index contributed by atoms with van der Waals surface area (Å²) in [6, 6.07) is 14.1. The summed E-state index contributed by atoms with van der Waals surface area (Å²) in [6.45, 7) is 1.37. The van der Waals surface area contributed by atoms with Gasteiger partial charge in [0.25, 0.3) is 0 Å². The van der Waals surface area contributed by atoms with E-state index >= 15 is 0 Å². The van der Waals surface area contributed by atoms with E-state index in [1.165, 1.54) is 17.7 Å². The van der Waals surface area contributed by atoms with Crippen LogP contribution >= 0.6 is 0 Å². The SMILES string of the molecule is CN(Cc1ccccc1)Cc1ccc(F)c(F)c1. The Kier molecular flexibility index (Phi) is 4.05. The van der Waals surface area contributed by atoms with E-state index in [1.54, 1.807) is 6.07 Å². The Morgan fingerprint density at radius 1 is 0.833 bits per heavy atom. The van der Waals surface area contributed by atoms with Crippen LogP contribution in [0.1, 0.15) is 11.1 Å². The molecule has 0 unspecified atom stereocenters. The summed E-state index contributed by atoms with van der Waals surface area (Å²) in [6.07, 6.45) is 0. The van der Waals surface area contributed by atoms with Gasteiger partial charge in [0.05, 0.1) is 0 Å². The van der Waals surface area contributed by atoms with Gasteiger partial charge in [-0.15, -0.1) is 0 Å². The van der Waals surface area contributed by atoms with E-state index in [9.17, 15) is 8.78 Å². The maximum Gasteiger partial charge on any atom is 0.159 e. The predicted molar refractivity (Wildman–Crippen MR) is 68.0 cm³/mol. The molecule has 2 aromatic carbocycles. The van der Waals surface area contributed by atoms with Crippen LogP contribution in [-0.4, -0.2) is 11.9 Å². The Morgan fingerprint density at radius 3 is 2.17 bits per heavy atom. The highest BCUT2D eigenvalue weighted by Gasteiger charge is 2.05. The van der Waals surface area contributed by atoms with Crippen LogP contribution in [0.3, 0.4) is 0 Å². The molecule has 0 aliphatic heterocycles. The van der Waals surface area contributed by atoms with Crippen molar-refractivity contribution in [2.45, 2.75) is 13.1 Å². The number of nitrogens with zero attached hydrogens (tertiary/aromatic N) is 1. The molecule has 0 aliphatic rings. The standard InChI is InChI=1S/C15H15F2N/c1-18(10-12-5-3-2-4-6-12)11-13-7-8-14(16)15(17)9-13/h2-9H,10-11H2,1H3. The molecule has 0 saturated carbocycles. The first-order valence-corrected chi connectivity index (χ1v) is 5.81. The van der Waals surface area contributed by atoms with E-state index in [0.29, 0.717) is 6.54 Å². The van der Waals surface area contributed by atoms with Gasteiger partial charge in [0, 0.05) is 13.1 Å². The second-order valence-electron chi connectivity index (χ2n) is 4.41. The normalized spacial score (nSPS) is 10.9. The van der Waals surface area contributed by atoms with Gasteiger partial charge in [-0.1, -0.05) is 36.4 Å². The smallest absolute Gasteiger partial charge is 0.159 e. The third-order valence-corrected chi connectivity index (χ3v) is 2.73. The van der Waals surface area contributed by atoms with Crippen LogP contribution in [0.25, 0.3) is 0 Å². The summed E-state index contributed by atoms with van der Waals surface area (Å²) in [5.41, 5.74) is 1.97. The second-order valence-corrected chi connectivity index (χ2v) is 4.41. The molecule has 2 rings (SSSR count). The van der Waals surface area contributed by atoms with Gasteiger partial charge in [-0.05, 0) is 30.3 Å². The molecule has 18 heavy (non-hydrogen) atoms. The molecule has 0 aromatic heterocycles. The Hall–Kier alpha value is -1.74. The lowest BCUT2D eigenvalue weighted by Gasteiger charge is -2.16. The maximum atomic E-state index is 13.1. The molecule has 0 bridgehead atoms. The highest BCUT2D eigenvalue weighted by molar-refractivity contribution is 5.18. The van der Waals surface area contributed by atoms with Crippen LogP contribution in [0.4, 0.5) is 8.78 Å². The summed E-state index contributed by atoms with van der Waals surface area (Å²) in [5, 5.41) is 0. The van der Waals surface area contributed by atoms with E-state index in [-0.39, 0.29) is 0 Å². The zero-order valence-corrected chi connectivity index (χ0v) is 10.2. The lowest BCUT2D eigenvalue weighted by atomic mass is 10.2. The molecule has 0 radical (unpaired) electrons. The van der Waals surface area contributed by atoms with Gasteiger partial charge in [-0.2, -0.15) is 0 Å². The minimum Gasteiger partial charge on any atom is -0.298 e. The largest absolute Gasteiger partial charge is 0.298 e. The zero-order chi connectivity index (χ0) is 13.0. The van der Waals surface area contributed by atoms with Crippen LogP contribution in [0.5, 0.6) is 0 Å². The molecule has 94 valence electrons. The van der Waals surface area contributed by atoms with Crippen LogP contribution in [0.15, 0.2) is 48.5 Å². The molecule has 0 atom stereocenters. The molecule has 0 fully saturated rings. The van der Waals surface area contributed by atoms with E-state index in [2.05, 4.69) is 4.90 Å². The quantitative estimate of drug-likeness (QED) is 0.798. The van der Waals surface area contributed by atoms with Crippen LogP contribution in [-0.2, 0) is 13.1 Å². The van der Waals surface area contributed by atoms with Gasteiger partial charge in [-0.3, -0.25) is 4.90 Å². The highest BCUT2D eigenvalue weighted by atomic mass is 19.2. The zero-order valence-electron chi connectivity index (χ0n) is 10.2. The number of halogens is 2. The monoisotopic (exact) mass is 247 g/mol. The van der Waals surface area contributed by atoms with Crippen molar-refractivity contribution in [1.29, 1.82) is 0 Å². The second kappa shape index (κ2) is 5.74. The summed E-state index contributed by atoms with van der Waals surface area (Å²) in [4.78, 5) is 2.06. The third-order valence-electron chi connectivity index (χ3n) is 2.73. The molecule has 3 heteroatoms. The van der Waals surface area contributed by atoms with Gasteiger partial charge in [-0.25, -0.2) is 8.78 Å². The van der Waals surface area contributed by atoms with E-state index in [1.807, 2.05) is 37.4 Å². The lowest BCUT2D eigenvalue weighted by Crippen LogP contribution is -2.17. The first-order chi connectivity index (χ1) is 8.65. The predicted octanol–water partition coefficient (Wildman–Crippen LogP) is 3.60. The molecule has 0 amide bonds. The van der Waals surface area contributed by atoms with Gasteiger partial charge in [0.1, 0.15) is 0 Å². The average molecular weight is 247 g/mol. The van der Waals surface area contributed by atoms with Gasteiger partial charge in [0.15, 0.2) is 11.6 Å². The fourth-order valence-corrected chi connectivity index (χ4v) is 1.90. The summed E-state index contributed by atoms with van der Waals surface area (Å²) in [5.74, 6) is -1.59. The number of hydrogen-bond donors (Lipinski definition) is 0. The van der Waals surface area contributed by atoms with Crippen molar-refractivity contribution in [3.8, 4) is 0 Å². The van der Waals surface area contributed by atoms with Crippen LogP contribution < -0.4 is 0 Å². The summed E-state index contributed by atoms with van der Waals surface area (Å²) in [7, 11) is 1.95. The molecule has 0 aliphatic carbocycles. The van der Waals surface area contributed by atoms with Gasteiger partial charge < -0.3 is 0 Å². The first kappa shape index (κ1) is 12.7. The van der Waals surface area contributed by atoms with E-state index in [0.717, 1.165) is 12.1 Å². The fraction of sp³-hybridized carbons (Fsp3) is 0.200. The first-order valence-electron chi connectivity index (χ1n) is 5.81. The molecule has 2 aromatic rings. The minimum atomic E-state index is -0.801. The highest BCUT2D eigenvalue weighted by Crippen LogP contribution is 2.12. The van der Waals surface area contributed by atoms with Crippen LogP contribution in [0, 0.1) is 11.6 Å². The van der Waals surface area contributed by atoms with E-state index < -0.39 is 11.6 Å². The van der Waals surface area contributed by atoms with E-state index in [4.69, 9.17) is 0 Å². The summed E-state index contributed by atoms with van der Waals surface area (Å²) >= 11 is 0. The number of hydrogen-bond acceptors (Lipinski definition) is 1. The topological polar surface area (TPSA) is 3.24 Å². The molecule has 1 nitrogen and oxygen atoms in total. The molecule has 0 spiro atoms. The maximum absolute atomic E-state index is 13.1. The molecular formula is C15H15F2N. The molecular weight excluding hydrogens is 232 g/mol. The van der Waals surface area contributed by atoms with Crippen molar-refractivity contribution in [2.75, 3.05) is 7.05 Å². The number of benzene rings is 2. The van der Waals surface area contributed by atoms with Crippen molar-refractivity contribution in [1.82, 2.24) is 4.90 Å². The summed E-state index contributed by atoms with van der Waals surface area (Å²) < 4.78 is 25.9. The third kappa shape index (κ3) is 3.37. The average Bonchev–Trinajstić information content (AvgIpc) is 2.35. The lowest BCUT2D eigenvalue weighted by molar-refractivity contribution is 0.318. The number of rotatable bonds is 4. The van der Waals surface area contributed by atoms with Crippen molar-refractivity contribution in [3.63, 3.8) is 0 Å². The Labute approximate surface area is 106 Å². The van der Waals surface area contributed by atoms with Crippen molar-refractivity contribution in [2.24, 2.45) is 0 Å². The Balaban J connectivity index is 1.99. The van der Waals surface area contributed by atoms with Gasteiger partial charge >= 0.3 is 0 Å². The molecule has 0 heterocycles. The Bertz CT molecular complexity index is 511. The fourth-order valence-electron chi connectivity index (χ4n) is 1.90. The Morgan fingerprint density at radius 2 is 1.50 bits per heavy atom. The van der Waals surface area contributed by atoms with Crippen molar-refractivity contribution >= 4 is 0 Å². The van der Waals surface area contributed by atoms with Gasteiger partial charge in [0.2, 0.25) is 0 Å². The molecule has 0 saturated heterocycles.